The summed E-state index contributed by atoms with van der Waals surface area (Å²) in [4.78, 5) is 40.7. The SMILES string of the molecule is COc1ccc(N2C[C@@H](C(=O)Nc3nnc(SCC(=O)N4CCOCC4)s3)CC2=O)cc1. The second-order valence-corrected chi connectivity index (χ2v) is 9.45. The first-order valence-electron chi connectivity index (χ1n) is 10.1. The van der Waals surface area contributed by atoms with Crippen molar-refractivity contribution in [3.63, 3.8) is 0 Å². The fourth-order valence-corrected chi connectivity index (χ4v) is 5.11. The number of anilines is 2. The maximum atomic E-state index is 12.7. The Morgan fingerprint density at radius 2 is 2.00 bits per heavy atom. The summed E-state index contributed by atoms with van der Waals surface area (Å²) in [5.41, 5.74) is 0.727. The molecule has 3 amide bonds. The fraction of sp³-hybridized carbons (Fsp3) is 0.450. The van der Waals surface area contributed by atoms with E-state index in [1.807, 2.05) is 0 Å². The van der Waals surface area contributed by atoms with Gasteiger partial charge in [0, 0.05) is 31.7 Å². The van der Waals surface area contributed by atoms with E-state index in [1.165, 1.54) is 23.1 Å². The monoisotopic (exact) mass is 477 g/mol. The summed E-state index contributed by atoms with van der Waals surface area (Å²) in [6, 6.07) is 7.15. The number of hydrogen-bond donors (Lipinski definition) is 1. The molecular weight excluding hydrogens is 454 g/mol. The lowest BCUT2D eigenvalue weighted by atomic mass is 10.1. The van der Waals surface area contributed by atoms with E-state index >= 15 is 0 Å². The van der Waals surface area contributed by atoms with Crippen molar-refractivity contribution in [3.8, 4) is 5.75 Å². The van der Waals surface area contributed by atoms with Crippen molar-refractivity contribution in [2.24, 2.45) is 5.92 Å². The third-order valence-electron chi connectivity index (χ3n) is 5.20. The number of rotatable bonds is 7. The van der Waals surface area contributed by atoms with Crippen LogP contribution in [0.3, 0.4) is 0 Å². The number of carbonyl (C=O) groups is 3. The zero-order chi connectivity index (χ0) is 22.5. The average molecular weight is 478 g/mol. The summed E-state index contributed by atoms with van der Waals surface area (Å²) in [5, 5.41) is 11.1. The van der Waals surface area contributed by atoms with Gasteiger partial charge in [-0.25, -0.2) is 0 Å². The summed E-state index contributed by atoms with van der Waals surface area (Å²) in [6.07, 6.45) is 0.131. The Balaban J connectivity index is 1.28. The first-order valence-corrected chi connectivity index (χ1v) is 11.9. The smallest absolute Gasteiger partial charge is 0.233 e. The first-order chi connectivity index (χ1) is 15.5. The maximum Gasteiger partial charge on any atom is 0.233 e. The third kappa shape index (κ3) is 5.37. The predicted molar refractivity (Wildman–Crippen MR) is 120 cm³/mol. The molecule has 1 atom stereocenters. The van der Waals surface area contributed by atoms with Gasteiger partial charge in [-0.2, -0.15) is 0 Å². The van der Waals surface area contributed by atoms with Crippen LogP contribution in [0.15, 0.2) is 28.6 Å². The Morgan fingerprint density at radius 1 is 1.25 bits per heavy atom. The normalized spacial score (nSPS) is 18.7. The molecular formula is C20H23N5O5S2. The van der Waals surface area contributed by atoms with Crippen LogP contribution in [0.25, 0.3) is 0 Å². The van der Waals surface area contributed by atoms with Crippen LogP contribution in [-0.2, 0) is 19.1 Å². The Morgan fingerprint density at radius 3 is 2.72 bits per heavy atom. The van der Waals surface area contributed by atoms with E-state index < -0.39 is 5.92 Å². The number of benzene rings is 1. The number of nitrogens with zero attached hydrogens (tertiary/aromatic N) is 4. The Labute approximate surface area is 193 Å². The van der Waals surface area contributed by atoms with Crippen molar-refractivity contribution in [3.05, 3.63) is 24.3 Å². The highest BCUT2D eigenvalue weighted by Gasteiger charge is 2.35. The lowest BCUT2D eigenvalue weighted by Crippen LogP contribution is -2.41. The van der Waals surface area contributed by atoms with Gasteiger partial charge in [0.2, 0.25) is 22.9 Å². The van der Waals surface area contributed by atoms with Crippen molar-refractivity contribution in [1.82, 2.24) is 15.1 Å². The molecule has 32 heavy (non-hydrogen) atoms. The van der Waals surface area contributed by atoms with Crippen LogP contribution < -0.4 is 15.0 Å². The molecule has 2 fully saturated rings. The minimum atomic E-state index is -0.479. The molecule has 2 aromatic rings. The summed E-state index contributed by atoms with van der Waals surface area (Å²) < 4.78 is 11.0. The van der Waals surface area contributed by atoms with Crippen molar-refractivity contribution >= 4 is 51.6 Å². The highest BCUT2D eigenvalue weighted by atomic mass is 32.2. The Hall–Kier alpha value is -2.70. The van der Waals surface area contributed by atoms with Crippen molar-refractivity contribution < 1.29 is 23.9 Å². The third-order valence-corrected chi connectivity index (χ3v) is 7.16. The fourth-order valence-electron chi connectivity index (χ4n) is 3.45. The minimum Gasteiger partial charge on any atom is -0.497 e. The van der Waals surface area contributed by atoms with Crippen molar-refractivity contribution in [2.45, 2.75) is 10.8 Å². The van der Waals surface area contributed by atoms with Gasteiger partial charge in [-0.1, -0.05) is 23.1 Å². The number of carbonyl (C=O) groups excluding carboxylic acids is 3. The number of methoxy groups -OCH3 is 1. The Kier molecular flexibility index (Phi) is 7.22. The maximum absolute atomic E-state index is 12.7. The Bertz CT molecular complexity index is 977. The predicted octanol–water partition coefficient (Wildman–Crippen LogP) is 1.49. The van der Waals surface area contributed by atoms with Gasteiger partial charge in [-0.15, -0.1) is 10.2 Å². The molecule has 1 N–H and O–H groups in total. The van der Waals surface area contributed by atoms with Gasteiger partial charge in [0.15, 0.2) is 4.34 Å². The minimum absolute atomic E-state index is 0.0298. The molecule has 0 bridgehead atoms. The van der Waals surface area contributed by atoms with E-state index in [4.69, 9.17) is 9.47 Å². The molecule has 0 aliphatic carbocycles. The second-order valence-electron chi connectivity index (χ2n) is 7.25. The van der Waals surface area contributed by atoms with Crippen LogP contribution in [0.1, 0.15) is 6.42 Å². The van der Waals surface area contributed by atoms with Gasteiger partial charge >= 0.3 is 0 Å². The number of morpholine rings is 1. The van der Waals surface area contributed by atoms with Crippen LogP contribution in [0.5, 0.6) is 5.75 Å². The number of ether oxygens (including phenoxy) is 2. The molecule has 170 valence electrons. The highest BCUT2D eigenvalue weighted by Crippen LogP contribution is 2.29. The molecule has 12 heteroatoms. The summed E-state index contributed by atoms with van der Waals surface area (Å²) in [7, 11) is 1.58. The van der Waals surface area contributed by atoms with Gasteiger partial charge in [-0.05, 0) is 24.3 Å². The van der Waals surface area contributed by atoms with Gasteiger partial charge < -0.3 is 24.6 Å². The molecule has 1 aromatic heterocycles. The summed E-state index contributed by atoms with van der Waals surface area (Å²) in [5.74, 6) is 0.133. The van der Waals surface area contributed by atoms with Crippen molar-refractivity contribution in [2.75, 3.05) is 55.9 Å². The van der Waals surface area contributed by atoms with Crippen LogP contribution in [0.4, 0.5) is 10.8 Å². The number of thioether (sulfide) groups is 1. The van der Waals surface area contributed by atoms with Crippen LogP contribution in [0.2, 0.25) is 0 Å². The van der Waals surface area contributed by atoms with E-state index in [0.717, 1.165) is 5.69 Å². The molecule has 0 radical (unpaired) electrons. The molecule has 1 aromatic carbocycles. The molecule has 2 aliphatic rings. The topological polar surface area (TPSA) is 114 Å². The molecule has 10 nitrogen and oxygen atoms in total. The lowest BCUT2D eigenvalue weighted by Gasteiger charge is -2.26. The molecule has 2 aliphatic heterocycles. The van der Waals surface area contributed by atoms with Crippen LogP contribution in [-0.4, -0.2) is 78.5 Å². The standard InChI is InChI=1S/C20H23N5O5S2/c1-29-15-4-2-14(3-5-15)25-11-13(10-16(25)26)18(28)21-19-22-23-20(32-19)31-12-17(27)24-6-8-30-9-7-24/h2-5,13H,6-12H2,1H3,(H,21,22,28)/t13-/m0/s1. The van der Waals surface area contributed by atoms with Crippen LogP contribution in [0, 0.1) is 5.92 Å². The summed E-state index contributed by atoms with van der Waals surface area (Å²) in [6.45, 7) is 2.62. The molecule has 0 spiro atoms. The average Bonchev–Trinajstić information content (AvgIpc) is 3.44. The summed E-state index contributed by atoms with van der Waals surface area (Å²) >= 11 is 2.50. The number of nitrogens with one attached hydrogen (secondary N) is 1. The number of aromatic nitrogens is 2. The largest absolute Gasteiger partial charge is 0.497 e. The van der Waals surface area contributed by atoms with Gasteiger partial charge in [-0.3, -0.25) is 14.4 Å². The molecule has 0 unspecified atom stereocenters. The van der Waals surface area contributed by atoms with Gasteiger partial charge in [0.25, 0.3) is 0 Å². The molecule has 2 saturated heterocycles. The van der Waals surface area contributed by atoms with E-state index in [2.05, 4.69) is 15.5 Å². The van der Waals surface area contributed by atoms with Gasteiger partial charge in [0.05, 0.1) is 32.0 Å². The first kappa shape index (κ1) is 22.5. The molecule has 3 heterocycles. The second kappa shape index (κ2) is 10.3. The van der Waals surface area contributed by atoms with E-state index in [-0.39, 0.29) is 29.9 Å². The van der Waals surface area contributed by atoms with E-state index in [0.29, 0.717) is 48.1 Å². The van der Waals surface area contributed by atoms with Crippen LogP contribution >= 0.6 is 23.1 Å². The van der Waals surface area contributed by atoms with Crippen molar-refractivity contribution in [1.29, 1.82) is 0 Å². The zero-order valence-corrected chi connectivity index (χ0v) is 19.1. The highest BCUT2D eigenvalue weighted by molar-refractivity contribution is 8.01. The lowest BCUT2D eigenvalue weighted by molar-refractivity contribution is -0.132. The molecule has 0 saturated carbocycles. The number of amides is 3. The number of hydrogen-bond acceptors (Lipinski definition) is 9. The zero-order valence-electron chi connectivity index (χ0n) is 17.5. The van der Waals surface area contributed by atoms with E-state index in [9.17, 15) is 14.4 Å². The van der Waals surface area contributed by atoms with E-state index in [1.54, 1.807) is 41.2 Å². The quantitative estimate of drug-likeness (QED) is 0.471. The molecule has 4 rings (SSSR count). The van der Waals surface area contributed by atoms with Gasteiger partial charge in [0.1, 0.15) is 5.75 Å².